The Bertz CT molecular complexity index is 24.9. The van der Waals surface area contributed by atoms with Gasteiger partial charge in [-0.05, 0) is 0 Å². The van der Waals surface area contributed by atoms with Crippen LogP contribution in [0.4, 0.5) is 0 Å². The summed E-state index contributed by atoms with van der Waals surface area (Å²) in [7, 11) is -0.750. The van der Waals surface area contributed by atoms with Crippen molar-refractivity contribution in [2.75, 3.05) is 0 Å². The van der Waals surface area contributed by atoms with Crippen LogP contribution >= 0.6 is 0 Å². The highest BCUT2D eigenvalue weighted by atomic mass is 16.4. The highest BCUT2D eigenvalue weighted by Crippen LogP contribution is 2.15. The first-order valence-corrected chi connectivity index (χ1v) is 2.63. The van der Waals surface area contributed by atoms with Crippen LogP contribution in [0.3, 0.4) is 0 Å². The third kappa shape index (κ3) is 5.98. The van der Waals surface area contributed by atoms with Crippen molar-refractivity contribution in [2.24, 2.45) is 0 Å². The number of hydrogen-bond donors (Lipinski definition) is 2. The fourth-order valence-electron chi connectivity index (χ4n) is 0.250. The van der Waals surface area contributed by atoms with Crippen LogP contribution in [0.5, 0.6) is 0 Å². The molecular weight excluding hydrogens is 90.9 g/mol. The molecule has 7 heavy (non-hydrogen) atoms. The van der Waals surface area contributed by atoms with Gasteiger partial charge >= 0.3 is 7.69 Å². The normalized spacial score (nSPS) is 15.7. The first kappa shape index (κ1) is 6.98. The van der Waals surface area contributed by atoms with Crippen LogP contribution in [0.2, 0.25) is 0 Å². The largest absolute Gasteiger partial charge is 0.432 e. The van der Waals surface area contributed by atoms with Crippen LogP contribution < -0.4 is 0 Å². The van der Waals surface area contributed by atoms with Gasteiger partial charge in [0.1, 0.15) is 0 Å². The molecule has 0 radical (unpaired) electrons. The summed E-state index contributed by atoms with van der Waals surface area (Å²) >= 11 is 0. The molecule has 1 rings (SSSR count). The summed E-state index contributed by atoms with van der Waals surface area (Å²) in [5, 5.41) is 14.2. The van der Waals surface area contributed by atoms with E-state index in [-0.39, 0.29) is 0 Å². The van der Waals surface area contributed by atoms with Gasteiger partial charge < -0.3 is 10.0 Å². The fourth-order valence-corrected chi connectivity index (χ4v) is 0.250. The molecule has 0 saturated heterocycles. The van der Waals surface area contributed by atoms with Crippen LogP contribution in [0.15, 0.2) is 0 Å². The van der Waals surface area contributed by atoms with Gasteiger partial charge in [0, 0.05) is 0 Å². The van der Waals surface area contributed by atoms with E-state index in [0.717, 1.165) is 0 Å². The Morgan fingerprint density at radius 1 is 0.857 bits per heavy atom. The predicted octanol–water partition coefficient (Wildman–Crippen LogP) is -0.202. The number of hydrogen-bond acceptors (Lipinski definition) is 2. The maximum atomic E-state index is 7.12. The molecule has 0 aliphatic heterocycles. The van der Waals surface area contributed by atoms with Gasteiger partial charge in [0.25, 0.3) is 0 Å². The van der Waals surface area contributed by atoms with Gasteiger partial charge in [-0.3, -0.25) is 0 Å². The molecule has 0 amide bonds. The Hall–Kier alpha value is -0.0151. The molecule has 0 bridgehead atoms. The Kier molecular flexibility index (Phi) is 5.97. The van der Waals surface area contributed by atoms with Gasteiger partial charge in [0.2, 0.25) is 0 Å². The van der Waals surface area contributed by atoms with Crippen LogP contribution in [0, 0.1) is 0 Å². The van der Waals surface area contributed by atoms with Crippen molar-refractivity contribution in [3.8, 4) is 0 Å². The fraction of sp³-hybridized carbons (Fsp3) is 1.00. The van der Waals surface area contributed by atoms with Crippen LogP contribution in [-0.2, 0) is 0 Å². The van der Waals surface area contributed by atoms with Crippen molar-refractivity contribution in [2.45, 2.75) is 25.7 Å². The third-order valence-corrected chi connectivity index (χ3v) is 1.000. The Morgan fingerprint density at radius 2 is 1.00 bits per heavy atom. The van der Waals surface area contributed by atoms with E-state index < -0.39 is 7.69 Å². The topological polar surface area (TPSA) is 40.5 Å². The molecule has 0 unspecified atom stereocenters. The van der Waals surface area contributed by atoms with Crippen LogP contribution in [0.25, 0.3) is 0 Å². The van der Waals surface area contributed by atoms with Gasteiger partial charge in [-0.1, -0.05) is 25.7 Å². The average molecular weight is 102 g/mol. The Morgan fingerprint density at radius 3 is 1.00 bits per heavy atom. The average Bonchev–Trinajstić information content (AvgIpc) is 1.27. The second kappa shape index (κ2) is 5.98. The lowest BCUT2D eigenvalue weighted by molar-refractivity contribution is 0.448. The standard InChI is InChI=1S/C4H8.BH3O2/c1-2-4-3-1;2-1-3/h1-4H2;1-3H. The Balaban J connectivity index is 0.000000110. The summed E-state index contributed by atoms with van der Waals surface area (Å²) in [4.78, 5) is 0. The minimum absolute atomic E-state index is 0.750. The SMILES string of the molecule is C1CCC1.OBO. The molecule has 2 nitrogen and oxygen atoms in total. The zero-order valence-electron chi connectivity index (χ0n) is 4.43. The van der Waals surface area contributed by atoms with E-state index in [1.165, 1.54) is 25.7 Å². The molecule has 0 atom stereocenters. The molecule has 0 spiro atoms. The summed E-state index contributed by atoms with van der Waals surface area (Å²) < 4.78 is 0. The van der Waals surface area contributed by atoms with Gasteiger partial charge in [-0.2, -0.15) is 0 Å². The molecule has 42 valence electrons. The van der Waals surface area contributed by atoms with Gasteiger partial charge in [0.15, 0.2) is 0 Å². The maximum absolute atomic E-state index is 7.12. The first-order chi connectivity index (χ1) is 3.41. The lowest BCUT2D eigenvalue weighted by atomic mass is 10.0. The second-order valence-corrected chi connectivity index (χ2v) is 1.56. The molecule has 1 saturated carbocycles. The zero-order valence-corrected chi connectivity index (χ0v) is 4.43. The second-order valence-electron chi connectivity index (χ2n) is 1.56. The highest BCUT2D eigenvalue weighted by Gasteiger charge is 1.95. The van der Waals surface area contributed by atoms with Crippen molar-refractivity contribution in [3.05, 3.63) is 0 Å². The maximum Gasteiger partial charge on any atom is 0.432 e. The predicted molar refractivity (Wildman–Crippen MR) is 30.1 cm³/mol. The van der Waals surface area contributed by atoms with Gasteiger partial charge in [0.05, 0.1) is 0 Å². The summed E-state index contributed by atoms with van der Waals surface area (Å²) in [5.41, 5.74) is 0. The minimum Gasteiger partial charge on any atom is -0.430 e. The molecule has 0 aromatic heterocycles. The van der Waals surface area contributed by atoms with Crippen LogP contribution in [0.1, 0.15) is 25.7 Å². The monoisotopic (exact) mass is 102 g/mol. The van der Waals surface area contributed by atoms with Crippen molar-refractivity contribution in [1.82, 2.24) is 0 Å². The molecule has 3 heteroatoms. The molecule has 1 fully saturated rings. The molecule has 0 heterocycles. The van der Waals surface area contributed by atoms with E-state index in [9.17, 15) is 0 Å². The van der Waals surface area contributed by atoms with Gasteiger partial charge in [-0.25, -0.2) is 0 Å². The van der Waals surface area contributed by atoms with Gasteiger partial charge in [-0.15, -0.1) is 0 Å². The van der Waals surface area contributed by atoms with Crippen molar-refractivity contribution >= 4 is 7.69 Å². The Labute approximate surface area is 44.5 Å². The van der Waals surface area contributed by atoms with Crippen LogP contribution in [-0.4, -0.2) is 17.7 Å². The summed E-state index contributed by atoms with van der Waals surface area (Å²) in [5.74, 6) is 0. The molecule has 0 aromatic carbocycles. The quantitative estimate of drug-likeness (QED) is 0.415. The van der Waals surface area contributed by atoms with E-state index in [1.54, 1.807) is 0 Å². The van der Waals surface area contributed by atoms with Crippen molar-refractivity contribution in [1.29, 1.82) is 0 Å². The zero-order chi connectivity index (χ0) is 5.54. The van der Waals surface area contributed by atoms with E-state index in [1.807, 2.05) is 0 Å². The lowest BCUT2D eigenvalue weighted by Gasteiger charge is -2.05. The third-order valence-electron chi connectivity index (χ3n) is 1.000. The summed E-state index contributed by atoms with van der Waals surface area (Å²) in [6.45, 7) is 0. The summed E-state index contributed by atoms with van der Waals surface area (Å²) in [6.07, 6.45) is 6.00. The highest BCUT2D eigenvalue weighted by molar-refractivity contribution is 6.13. The molecular formula is C4H11BO2. The van der Waals surface area contributed by atoms with Crippen molar-refractivity contribution < 1.29 is 10.0 Å². The molecule has 2 N–H and O–H groups in total. The molecule has 1 aliphatic rings. The smallest absolute Gasteiger partial charge is 0.430 e. The first-order valence-electron chi connectivity index (χ1n) is 2.63. The molecule has 0 aromatic rings. The summed E-state index contributed by atoms with van der Waals surface area (Å²) in [6, 6.07) is 0. The van der Waals surface area contributed by atoms with E-state index in [4.69, 9.17) is 10.0 Å². The van der Waals surface area contributed by atoms with Crippen molar-refractivity contribution in [3.63, 3.8) is 0 Å². The van der Waals surface area contributed by atoms with E-state index >= 15 is 0 Å². The van der Waals surface area contributed by atoms with E-state index in [0.29, 0.717) is 0 Å². The van der Waals surface area contributed by atoms with E-state index in [2.05, 4.69) is 0 Å². The lowest BCUT2D eigenvalue weighted by Crippen LogP contribution is -1.85. The molecule has 1 aliphatic carbocycles. The minimum atomic E-state index is -0.750. The number of rotatable bonds is 0.